The molecule has 0 fully saturated rings. The van der Waals surface area contributed by atoms with Gasteiger partial charge in [-0.25, -0.2) is 0 Å². The second-order valence-corrected chi connectivity index (χ2v) is 3.98. The zero-order valence-corrected chi connectivity index (χ0v) is 11.0. The Kier molecular flexibility index (Phi) is 5.81. The van der Waals surface area contributed by atoms with Gasteiger partial charge in [-0.05, 0) is 19.1 Å². The highest BCUT2D eigenvalue weighted by Gasteiger charge is 2.12. The topological polar surface area (TPSA) is 87.7 Å². The van der Waals surface area contributed by atoms with E-state index in [0.29, 0.717) is 24.3 Å². The molecule has 0 radical (unpaired) electrons. The Morgan fingerprint density at radius 1 is 1.32 bits per heavy atom. The number of hydrogen-bond donors (Lipinski definition) is 3. The maximum atomic E-state index is 11.8. The molecule has 0 spiro atoms. The summed E-state index contributed by atoms with van der Waals surface area (Å²) in [7, 11) is 1.54. The van der Waals surface area contributed by atoms with Gasteiger partial charge < -0.3 is 20.5 Å². The van der Waals surface area contributed by atoms with Crippen LogP contribution in [0.1, 0.15) is 15.9 Å². The van der Waals surface area contributed by atoms with Crippen LogP contribution in [0, 0.1) is 6.92 Å². The maximum Gasteiger partial charge on any atom is 0.252 e. The third kappa shape index (κ3) is 4.59. The molecule has 0 aliphatic carbocycles. The number of nitrogens with one attached hydrogen (secondary N) is 2. The number of methoxy groups -OCH3 is 1. The molecule has 19 heavy (non-hydrogen) atoms. The molecule has 6 nitrogen and oxygen atoms in total. The lowest BCUT2D eigenvalue weighted by Crippen LogP contribution is -2.38. The van der Waals surface area contributed by atoms with E-state index < -0.39 is 5.91 Å². The van der Waals surface area contributed by atoms with Gasteiger partial charge in [-0.1, -0.05) is 6.07 Å². The summed E-state index contributed by atoms with van der Waals surface area (Å²) in [6.07, 6.45) is 0. The highest BCUT2D eigenvalue weighted by Crippen LogP contribution is 2.19. The van der Waals surface area contributed by atoms with Crippen molar-refractivity contribution in [1.82, 2.24) is 10.6 Å². The van der Waals surface area contributed by atoms with E-state index in [0.717, 1.165) is 0 Å². The van der Waals surface area contributed by atoms with Crippen molar-refractivity contribution in [2.24, 2.45) is 0 Å². The summed E-state index contributed by atoms with van der Waals surface area (Å²) in [5, 5.41) is 14.6. The van der Waals surface area contributed by atoms with E-state index in [1.807, 2.05) is 0 Å². The van der Waals surface area contributed by atoms with Crippen LogP contribution in [0.3, 0.4) is 0 Å². The van der Waals surface area contributed by atoms with Crippen LogP contribution in [0.15, 0.2) is 18.2 Å². The van der Waals surface area contributed by atoms with E-state index >= 15 is 0 Å². The van der Waals surface area contributed by atoms with Crippen LogP contribution in [0.4, 0.5) is 0 Å². The largest absolute Gasteiger partial charge is 0.508 e. The van der Waals surface area contributed by atoms with Gasteiger partial charge in [0.2, 0.25) is 5.91 Å². The van der Waals surface area contributed by atoms with Crippen LogP contribution < -0.4 is 10.6 Å². The quantitative estimate of drug-likeness (QED) is 0.642. The molecule has 0 unspecified atom stereocenters. The monoisotopic (exact) mass is 266 g/mol. The van der Waals surface area contributed by atoms with Crippen LogP contribution in [0.2, 0.25) is 0 Å². The lowest BCUT2D eigenvalue weighted by Gasteiger charge is -2.09. The second-order valence-electron chi connectivity index (χ2n) is 3.98. The van der Waals surface area contributed by atoms with Crippen molar-refractivity contribution in [3.8, 4) is 5.75 Å². The van der Waals surface area contributed by atoms with Crippen LogP contribution in [0.5, 0.6) is 5.75 Å². The SMILES string of the molecule is COCCNC(=O)CNC(=O)c1cccc(O)c1C. The molecule has 0 aliphatic heterocycles. The molecule has 1 aromatic rings. The molecule has 1 rings (SSSR count). The molecular formula is C13H18N2O4. The highest BCUT2D eigenvalue weighted by atomic mass is 16.5. The molecule has 0 saturated carbocycles. The molecule has 2 amide bonds. The lowest BCUT2D eigenvalue weighted by atomic mass is 10.1. The minimum Gasteiger partial charge on any atom is -0.508 e. The maximum absolute atomic E-state index is 11.8. The summed E-state index contributed by atoms with van der Waals surface area (Å²) < 4.78 is 4.79. The molecule has 6 heteroatoms. The molecule has 0 bridgehead atoms. The first-order valence-electron chi connectivity index (χ1n) is 5.88. The fraction of sp³-hybridized carbons (Fsp3) is 0.385. The minimum absolute atomic E-state index is 0.0530. The Morgan fingerprint density at radius 3 is 2.74 bits per heavy atom. The first-order chi connectivity index (χ1) is 9.06. The number of carbonyl (C=O) groups is 2. The van der Waals surface area contributed by atoms with Crippen LogP contribution >= 0.6 is 0 Å². The van der Waals surface area contributed by atoms with Gasteiger partial charge in [0.25, 0.3) is 5.91 Å². The van der Waals surface area contributed by atoms with Gasteiger partial charge in [-0.15, -0.1) is 0 Å². The van der Waals surface area contributed by atoms with E-state index in [9.17, 15) is 14.7 Å². The van der Waals surface area contributed by atoms with Crippen LogP contribution in [-0.2, 0) is 9.53 Å². The lowest BCUT2D eigenvalue weighted by molar-refractivity contribution is -0.120. The molecule has 104 valence electrons. The molecule has 1 aromatic carbocycles. The summed E-state index contributed by atoms with van der Waals surface area (Å²) in [5.41, 5.74) is 0.837. The van der Waals surface area contributed by atoms with Crippen LogP contribution in [0.25, 0.3) is 0 Å². The molecule has 0 saturated heterocycles. The van der Waals surface area contributed by atoms with Crippen LogP contribution in [-0.4, -0.2) is 43.7 Å². The zero-order valence-electron chi connectivity index (χ0n) is 11.0. The van der Waals surface area contributed by atoms with Crippen molar-refractivity contribution < 1.29 is 19.4 Å². The molecule has 0 aliphatic rings. The van der Waals surface area contributed by atoms with Gasteiger partial charge in [-0.2, -0.15) is 0 Å². The van der Waals surface area contributed by atoms with E-state index in [4.69, 9.17) is 4.74 Å². The number of ether oxygens (including phenoxy) is 1. The van der Waals surface area contributed by atoms with Gasteiger partial charge in [-0.3, -0.25) is 9.59 Å². The summed E-state index contributed by atoms with van der Waals surface area (Å²) >= 11 is 0. The number of carbonyl (C=O) groups excluding carboxylic acids is 2. The Morgan fingerprint density at radius 2 is 2.05 bits per heavy atom. The standard InChI is InChI=1S/C13H18N2O4/c1-9-10(4-3-5-11(9)16)13(18)15-8-12(17)14-6-7-19-2/h3-5,16H,6-8H2,1-2H3,(H,14,17)(H,15,18). The Labute approximate surface area is 111 Å². The second kappa shape index (κ2) is 7.38. The number of phenols is 1. The number of amides is 2. The Hall–Kier alpha value is -2.08. The van der Waals surface area contributed by atoms with Crippen molar-refractivity contribution in [3.05, 3.63) is 29.3 Å². The van der Waals surface area contributed by atoms with Gasteiger partial charge in [0.15, 0.2) is 0 Å². The summed E-state index contributed by atoms with van der Waals surface area (Å²) in [6, 6.07) is 4.67. The minimum atomic E-state index is -0.393. The highest BCUT2D eigenvalue weighted by molar-refractivity contribution is 5.98. The average Bonchev–Trinajstić information content (AvgIpc) is 2.39. The smallest absolute Gasteiger partial charge is 0.252 e. The van der Waals surface area contributed by atoms with Gasteiger partial charge in [0.05, 0.1) is 13.2 Å². The average molecular weight is 266 g/mol. The zero-order chi connectivity index (χ0) is 14.3. The number of hydrogen-bond acceptors (Lipinski definition) is 4. The Balaban J connectivity index is 2.47. The van der Waals surface area contributed by atoms with Crippen molar-refractivity contribution in [2.45, 2.75) is 6.92 Å². The predicted molar refractivity (Wildman–Crippen MR) is 70.1 cm³/mol. The number of aromatic hydroxyl groups is 1. The third-order valence-electron chi connectivity index (χ3n) is 2.59. The summed E-state index contributed by atoms with van der Waals surface area (Å²) in [5.74, 6) is -0.629. The van der Waals surface area contributed by atoms with Gasteiger partial charge in [0, 0.05) is 24.8 Å². The fourth-order valence-electron chi connectivity index (χ4n) is 1.48. The molecular weight excluding hydrogens is 248 g/mol. The van der Waals surface area contributed by atoms with Crippen molar-refractivity contribution >= 4 is 11.8 Å². The molecule has 3 N–H and O–H groups in total. The fourth-order valence-corrected chi connectivity index (χ4v) is 1.48. The van der Waals surface area contributed by atoms with E-state index in [1.165, 1.54) is 6.07 Å². The predicted octanol–water partition coefficient (Wildman–Crippen LogP) is 0.193. The van der Waals surface area contributed by atoms with E-state index in [1.54, 1.807) is 26.2 Å². The van der Waals surface area contributed by atoms with Crippen molar-refractivity contribution in [3.63, 3.8) is 0 Å². The van der Waals surface area contributed by atoms with Gasteiger partial charge in [0.1, 0.15) is 5.75 Å². The number of rotatable bonds is 6. The number of phenolic OH excluding ortho intramolecular Hbond substituents is 1. The Bertz CT molecular complexity index is 460. The van der Waals surface area contributed by atoms with Gasteiger partial charge >= 0.3 is 0 Å². The molecule has 0 heterocycles. The molecule has 0 aromatic heterocycles. The normalized spacial score (nSPS) is 10.0. The first-order valence-corrected chi connectivity index (χ1v) is 5.88. The van der Waals surface area contributed by atoms with Crippen molar-refractivity contribution in [1.29, 1.82) is 0 Å². The third-order valence-corrected chi connectivity index (χ3v) is 2.59. The molecule has 0 atom stereocenters. The van der Waals surface area contributed by atoms with E-state index in [2.05, 4.69) is 10.6 Å². The number of benzene rings is 1. The summed E-state index contributed by atoms with van der Waals surface area (Å²) in [6.45, 7) is 2.35. The summed E-state index contributed by atoms with van der Waals surface area (Å²) in [4.78, 5) is 23.2. The van der Waals surface area contributed by atoms with Crippen molar-refractivity contribution in [2.75, 3.05) is 26.8 Å². The first kappa shape index (κ1) is 15.0. The van der Waals surface area contributed by atoms with E-state index in [-0.39, 0.29) is 18.2 Å².